The molecule has 0 aliphatic heterocycles. The molecule has 0 aromatic heterocycles. The molecule has 0 heterocycles. The van der Waals surface area contributed by atoms with Gasteiger partial charge in [0.25, 0.3) is 0 Å². The molecule has 0 rings (SSSR count). The lowest BCUT2D eigenvalue weighted by Gasteiger charge is -1.71. The zero-order valence-corrected chi connectivity index (χ0v) is 4.76. The van der Waals surface area contributed by atoms with Gasteiger partial charge < -0.3 is 5.11 Å². The van der Waals surface area contributed by atoms with Crippen LogP contribution in [0.2, 0.25) is 0 Å². The molecule has 1 radical (unpaired) electrons. The summed E-state index contributed by atoms with van der Waals surface area (Å²) in [5.41, 5.74) is 0. The molecule has 0 aromatic carbocycles. The summed E-state index contributed by atoms with van der Waals surface area (Å²) < 4.78 is 0. The van der Waals surface area contributed by atoms with Crippen LogP contribution in [-0.4, -0.2) is 11.1 Å². The van der Waals surface area contributed by atoms with Crippen molar-refractivity contribution >= 4 is 5.97 Å². The molecule has 0 saturated carbocycles. The van der Waals surface area contributed by atoms with Crippen molar-refractivity contribution in [3.8, 4) is 0 Å². The first-order chi connectivity index (χ1) is 3.68. The maximum atomic E-state index is 9.37. The van der Waals surface area contributed by atoms with Gasteiger partial charge >= 0.3 is 5.97 Å². The Bertz CT molecular complexity index is 68.1. The fourth-order valence-electron chi connectivity index (χ4n) is 0. The fraction of sp³-hybridized carbons (Fsp3) is 0.400. The van der Waals surface area contributed by atoms with Gasteiger partial charge in [0.2, 0.25) is 0 Å². The molecular weight excluding hydrogens is 108 g/mol. The summed E-state index contributed by atoms with van der Waals surface area (Å²) in [4.78, 5) is 9.37. The maximum absolute atomic E-state index is 9.37. The molecule has 1 N–H and O–H groups in total. The van der Waals surface area contributed by atoms with Crippen molar-refractivity contribution in [2.75, 3.05) is 0 Å². The number of hydrogen-bond acceptors (Lipinski definition) is 1. The van der Waals surface area contributed by atoms with Crippen LogP contribution in [-0.2, 0) is 9.90 Å². The molecule has 0 aliphatic rings. The van der Waals surface area contributed by atoms with Gasteiger partial charge in [-0.05, 0) is 0 Å². The first-order valence-electron chi connectivity index (χ1n) is 2.13. The van der Waals surface area contributed by atoms with E-state index in [0.717, 1.165) is 0 Å². The van der Waals surface area contributed by atoms with Crippen molar-refractivity contribution in [1.29, 1.82) is 0 Å². The van der Waals surface area contributed by atoms with Gasteiger partial charge in [-0.25, -0.2) is 0 Å². The van der Waals surface area contributed by atoms with E-state index < -0.39 is 5.97 Å². The van der Waals surface area contributed by atoms with Crippen molar-refractivity contribution in [3.63, 3.8) is 0 Å². The number of carboxylic acids is 1. The minimum Gasteiger partial charge on any atom is -0.481 e. The number of rotatable bonds is 1. The Morgan fingerprint density at radius 2 is 2.00 bits per heavy atom. The quantitative estimate of drug-likeness (QED) is 0.521. The Morgan fingerprint density at radius 3 is 2.00 bits per heavy atom. The minimum atomic E-state index is -0.745. The van der Waals surface area contributed by atoms with Crippen LogP contribution in [0.5, 0.6) is 0 Å². The van der Waals surface area contributed by atoms with Crippen LogP contribution in [0.25, 0.3) is 0 Å². The van der Waals surface area contributed by atoms with Crippen LogP contribution in [0.4, 0.5) is 0 Å². The Kier molecular flexibility index (Phi) is 11.8. The molecule has 3 nitrogen and oxygen atoms in total. The number of carbonyl (C=O) groups is 1. The summed E-state index contributed by atoms with van der Waals surface area (Å²) in [6.07, 6.45) is 0.722. The maximum Gasteiger partial charge on any atom is 0.303 e. The Hall–Kier alpha value is -0.990. The highest BCUT2D eigenvalue weighted by molar-refractivity contribution is 5.66. The summed E-state index contributed by atoms with van der Waals surface area (Å²) in [7, 11) is 0. The molecule has 8 heavy (non-hydrogen) atoms. The van der Waals surface area contributed by atoms with E-state index in [0.29, 0.717) is 6.26 Å². The summed E-state index contributed by atoms with van der Waals surface area (Å²) in [5.74, 6) is -0.745. The van der Waals surface area contributed by atoms with E-state index in [4.69, 9.17) is 10.2 Å². The number of aliphatic carboxylic acids is 1. The van der Waals surface area contributed by atoms with E-state index in [1.807, 2.05) is 0 Å². The molecule has 0 spiro atoms. The lowest BCUT2D eigenvalue weighted by molar-refractivity contribution is -0.136. The zero-order chi connectivity index (χ0) is 6.99. The lowest BCUT2D eigenvalue weighted by atomic mass is 10.5. The van der Waals surface area contributed by atoms with Gasteiger partial charge in [-0.2, -0.15) is 0 Å². The molecule has 0 saturated heterocycles. The van der Waals surface area contributed by atoms with E-state index in [1.165, 1.54) is 0 Å². The van der Waals surface area contributed by atoms with Gasteiger partial charge in [-0.3, -0.25) is 9.90 Å². The highest BCUT2D eigenvalue weighted by Gasteiger charge is 1.80. The third-order valence-corrected chi connectivity index (χ3v) is 0.302. The molecule has 0 aliphatic carbocycles. The van der Waals surface area contributed by atoms with Crippen molar-refractivity contribution in [2.24, 2.45) is 0 Å². The van der Waals surface area contributed by atoms with Crippen molar-refractivity contribution in [1.82, 2.24) is 0 Å². The predicted octanol–water partition coefficient (Wildman–Crippen LogP) is 1.04. The Labute approximate surface area is 48.3 Å². The van der Waals surface area contributed by atoms with Gasteiger partial charge in [0.15, 0.2) is 0 Å². The second-order valence-corrected chi connectivity index (χ2v) is 0.914. The summed E-state index contributed by atoms with van der Waals surface area (Å²) in [6, 6.07) is 0. The molecule has 0 amide bonds. The molecule has 0 aromatic rings. The highest BCUT2D eigenvalue weighted by atomic mass is 16.4. The average molecular weight is 117 g/mol. The van der Waals surface area contributed by atoms with Crippen LogP contribution >= 0.6 is 0 Å². The standard InChI is InChI=1S/C3H6O2.C2H3O/c1-2-3(4)5;1-2-3/h2H2,1H3,(H,4,5);2H,1H2. The summed E-state index contributed by atoms with van der Waals surface area (Å²) in [5, 5.41) is 16.4. The van der Waals surface area contributed by atoms with Gasteiger partial charge in [-0.1, -0.05) is 13.5 Å². The Morgan fingerprint density at radius 1 is 1.88 bits per heavy atom. The van der Waals surface area contributed by atoms with Gasteiger partial charge in [-0.15, -0.1) is 0 Å². The normalized spacial score (nSPS) is 6.12. The summed E-state index contributed by atoms with van der Waals surface area (Å²) >= 11 is 0. The molecule has 0 bridgehead atoms. The van der Waals surface area contributed by atoms with E-state index in [1.54, 1.807) is 6.92 Å². The van der Waals surface area contributed by atoms with Gasteiger partial charge in [0.1, 0.15) is 6.26 Å². The van der Waals surface area contributed by atoms with Crippen molar-refractivity contribution in [2.45, 2.75) is 13.3 Å². The van der Waals surface area contributed by atoms with E-state index in [9.17, 15) is 4.79 Å². The first kappa shape index (κ1) is 10.1. The van der Waals surface area contributed by atoms with Crippen molar-refractivity contribution in [3.05, 3.63) is 12.8 Å². The average Bonchev–Trinajstić information content (AvgIpc) is 1.69. The summed E-state index contributed by atoms with van der Waals surface area (Å²) in [6.45, 7) is 4.41. The zero-order valence-electron chi connectivity index (χ0n) is 4.76. The van der Waals surface area contributed by atoms with Crippen LogP contribution in [0, 0.1) is 0 Å². The van der Waals surface area contributed by atoms with Crippen LogP contribution in [0.1, 0.15) is 13.3 Å². The monoisotopic (exact) mass is 117 g/mol. The number of hydrogen-bond donors (Lipinski definition) is 1. The van der Waals surface area contributed by atoms with Gasteiger partial charge in [0, 0.05) is 6.42 Å². The topological polar surface area (TPSA) is 57.2 Å². The molecule has 47 valence electrons. The van der Waals surface area contributed by atoms with Crippen LogP contribution in [0.3, 0.4) is 0 Å². The second kappa shape index (κ2) is 9.38. The highest BCUT2D eigenvalue weighted by Crippen LogP contribution is 1.67. The van der Waals surface area contributed by atoms with Crippen LogP contribution < -0.4 is 0 Å². The van der Waals surface area contributed by atoms with E-state index in [2.05, 4.69) is 6.58 Å². The molecular formula is C5H9O3. The second-order valence-electron chi connectivity index (χ2n) is 0.914. The molecule has 0 unspecified atom stereocenters. The molecule has 0 atom stereocenters. The van der Waals surface area contributed by atoms with Crippen molar-refractivity contribution < 1.29 is 15.0 Å². The predicted molar refractivity (Wildman–Crippen MR) is 28.8 cm³/mol. The largest absolute Gasteiger partial charge is 0.481 e. The third kappa shape index (κ3) is 79.0. The fourth-order valence-corrected chi connectivity index (χ4v) is 0. The van der Waals surface area contributed by atoms with Gasteiger partial charge in [0.05, 0.1) is 0 Å². The smallest absolute Gasteiger partial charge is 0.303 e. The van der Waals surface area contributed by atoms with Crippen LogP contribution in [0.15, 0.2) is 12.8 Å². The molecule has 3 heteroatoms. The minimum absolute atomic E-state index is 0.222. The number of carboxylic acid groups (broad SMARTS) is 1. The first-order valence-corrected chi connectivity index (χ1v) is 2.13. The van der Waals surface area contributed by atoms with E-state index in [-0.39, 0.29) is 6.42 Å². The lowest BCUT2D eigenvalue weighted by Crippen LogP contribution is -1.86. The molecule has 0 fully saturated rings. The van der Waals surface area contributed by atoms with E-state index >= 15 is 0 Å². The third-order valence-electron chi connectivity index (χ3n) is 0.302. The Balaban J connectivity index is 0. The SMILES string of the molecule is C=C[O].CCC(=O)O.